The van der Waals surface area contributed by atoms with E-state index in [1.54, 1.807) is 6.07 Å². The van der Waals surface area contributed by atoms with Gasteiger partial charge in [0.15, 0.2) is 8.32 Å². The number of hydrogen-bond acceptors (Lipinski definition) is 6. The van der Waals surface area contributed by atoms with Crippen LogP contribution in [-0.2, 0) is 15.7 Å². The number of nitro benzene ring substituents is 1. The standard InChI is InChI=1S/C18H30N2O5Si/c1-13(25-26(6,7)18(2,3)4)11-19-12-15-9-8-14(17(21)24-5)10-16(15)20(22)23/h8-10,13,19H,11-12H2,1-7H3/t13-/m1/s1. The molecular weight excluding hydrogens is 352 g/mol. The minimum atomic E-state index is -1.85. The summed E-state index contributed by atoms with van der Waals surface area (Å²) in [4.78, 5) is 22.3. The average Bonchev–Trinajstić information content (AvgIpc) is 2.52. The van der Waals surface area contributed by atoms with E-state index in [0.717, 1.165) is 0 Å². The smallest absolute Gasteiger partial charge is 0.338 e. The molecule has 1 atom stereocenters. The van der Waals surface area contributed by atoms with Gasteiger partial charge in [0.2, 0.25) is 0 Å². The molecule has 0 amide bonds. The molecule has 0 saturated carbocycles. The molecule has 0 aromatic heterocycles. The van der Waals surface area contributed by atoms with E-state index in [1.165, 1.54) is 19.2 Å². The quantitative estimate of drug-likeness (QED) is 0.317. The fourth-order valence-corrected chi connectivity index (χ4v) is 3.70. The fraction of sp³-hybridized carbons (Fsp3) is 0.611. The van der Waals surface area contributed by atoms with Gasteiger partial charge < -0.3 is 14.5 Å². The SMILES string of the molecule is COC(=O)c1ccc(CNC[C@@H](C)O[Si](C)(C)C(C)(C)C)c([N+](=O)[O-])c1. The first-order valence-electron chi connectivity index (χ1n) is 8.63. The molecule has 1 N–H and O–H groups in total. The van der Waals surface area contributed by atoms with Gasteiger partial charge in [-0.15, -0.1) is 0 Å². The summed E-state index contributed by atoms with van der Waals surface area (Å²) in [5.74, 6) is -0.594. The number of hydrogen-bond donors (Lipinski definition) is 1. The number of esters is 1. The average molecular weight is 383 g/mol. The van der Waals surface area contributed by atoms with Gasteiger partial charge in [-0.05, 0) is 31.1 Å². The zero-order valence-electron chi connectivity index (χ0n) is 16.7. The van der Waals surface area contributed by atoms with E-state index in [1.807, 2.05) is 6.92 Å². The zero-order valence-corrected chi connectivity index (χ0v) is 17.7. The third-order valence-electron chi connectivity index (χ3n) is 4.75. The van der Waals surface area contributed by atoms with E-state index in [0.29, 0.717) is 18.7 Å². The van der Waals surface area contributed by atoms with E-state index >= 15 is 0 Å². The fourth-order valence-electron chi connectivity index (χ4n) is 2.26. The molecule has 7 nitrogen and oxygen atoms in total. The Morgan fingerprint density at radius 2 is 1.96 bits per heavy atom. The Bertz CT molecular complexity index is 655. The van der Waals surface area contributed by atoms with Crippen molar-refractivity contribution in [1.82, 2.24) is 5.32 Å². The maximum Gasteiger partial charge on any atom is 0.338 e. The minimum absolute atomic E-state index is 0.00397. The first kappa shape index (κ1) is 22.3. The van der Waals surface area contributed by atoms with Crippen LogP contribution in [0, 0.1) is 10.1 Å². The molecule has 0 bridgehead atoms. The van der Waals surface area contributed by atoms with E-state index < -0.39 is 19.2 Å². The molecule has 0 spiro atoms. The van der Waals surface area contributed by atoms with Crippen molar-refractivity contribution in [2.75, 3.05) is 13.7 Å². The van der Waals surface area contributed by atoms with Gasteiger partial charge in [-0.1, -0.05) is 26.8 Å². The predicted molar refractivity (Wildman–Crippen MR) is 104 cm³/mol. The van der Waals surface area contributed by atoms with Crippen LogP contribution < -0.4 is 5.32 Å². The molecule has 1 rings (SSSR count). The number of ether oxygens (including phenoxy) is 1. The third kappa shape index (κ3) is 5.89. The van der Waals surface area contributed by atoms with Crippen LogP contribution in [0.15, 0.2) is 18.2 Å². The molecule has 146 valence electrons. The lowest BCUT2D eigenvalue weighted by Crippen LogP contribution is -2.45. The Kier molecular flexibility index (Phi) is 7.49. The lowest BCUT2D eigenvalue weighted by Gasteiger charge is -2.38. The van der Waals surface area contributed by atoms with Crippen LogP contribution in [0.2, 0.25) is 18.1 Å². The van der Waals surface area contributed by atoms with Gasteiger partial charge >= 0.3 is 5.97 Å². The van der Waals surface area contributed by atoms with Gasteiger partial charge in [0.05, 0.1) is 23.7 Å². The second-order valence-electron chi connectivity index (χ2n) is 7.91. The topological polar surface area (TPSA) is 90.7 Å². The van der Waals surface area contributed by atoms with Crippen molar-refractivity contribution >= 4 is 20.0 Å². The lowest BCUT2D eigenvalue weighted by molar-refractivity contribution is -0.385. The molecule has 0 aliphatic carbocycles. The van der Waals surface area contributed by atoms with Gasteiger partial charge in [-0.25, -0.2) is 4.79 Å². The van der Waals surface area contributed by atoms with Gasteiger partial charge in [-0.2, -0.15) is 0 Å². The van der Waals surface area contributed by atoms with E-state index in [9.17, 15) is 14.9 Å². The number of methoxy groups -OCH3 is 1. The number of carbonyl (C=O) groups excluding carboxylic acids is 1. The molecule has 0 fully saturated rings. The zero-order chi connectivity index (χ0) is 20.1. The van der Waals surface area contributed by atoms with Crippen LogP contribution in [0.1, 0.15) is 43.6 Å². The van der Waals surface area contributed by atoms with Crippen molar-refractivity contribution < 1.29 is 18.9 Å². The lowest BCUT2D eigenvalue weighted by atomic mass is 10.1. The Labute approximate surface area is 156 Å². The van der Waals surface area contributed by atoms with Crippen LogP contribution in [-0.4, -0.2) is 39.0 Å². The predicted octanol–water partition coefficient (Wildman–Crippen LogP) is 3.88. The summed E-state index contributed by atoms with van der Waals surface area (Å²) >= 11 is 0. The highest BCUT2D eigenvalue weighted by atomic mass is 28.4. The molecule has 0 heterocycles. The van der Waals surface area contributed by atoms with Crippen molar-refractivity contribution in [3.63, 3.8) is 0 Å². The molecular formula is C18H30N2O5Si. The number of carbonyl (C=O) groups is 1. The van der Waals surface area contributed by atoms with Gasteiger partial charge in [0.1, 0.15) is 0 Å². The number of nitrogens with zero attached hydrogens (tertiary/aromatic N) is 1. The second kappa shape index (κ2) is 8.74. The molecule has 1 aromatic rings. The van der Waals surface area contributed by atoms with Crippen LogP contribution in [0.4, 0.5) is 5.69 Å². The molecule has 8 heteroatoms. The number of nitro groups is 1. The maximum absolute atomic E-state index is 11.5. The summed E-state index contributed by atoms with van der Waals surface area (Å²) in [5, 5.41) is 14.6. The molecule has 1 aromatic carbocycles. The first-order valence-corrected chi connectivity index (χ1v) is 11.5. The van der Waals surface area contributed by atoms with Crippen molar-refractivity contribution in [3.05, 3.63) is 39.4 Å². The van der Waals surface area contributed by atoms with Gasteiger partial charge in [0, 0.05) is 24.7 Å². The minimum Gasteiger partial charge on any atom is -0.465 e. The molecule has 0 radical (unpaired) electrons. The van der Waals surface area contributed by atoms with E-state index in [2.05, 4.69) is 43.9 Å². The number of rotatable bonds is 8. The van der Waals surface area contributed by atoms with Gasteiger partial charge in [0.25, 0.3) is 5.69 Å². The Morgan fingerprint density at radius 1 is 1.35 bits per heavy atom. The number of benzene rings is 1. The van der Waals surface area contributed by atoms with Crippen LogP contribution in [0.3, 0.4) is 0 Å². The third-order valence-corrected chi connectivity index (χ3v) is 9.36. The summed E-state index contributed by atoms with van der Waals surface area (Å²) in [6, 6.07) is 4.36. The van der Waals surface area contributed by atoms with E-state index in [-0.39, 0.29) is 22.4 Å². The van der Waals surface area contributed by atoms with Crippen molar-refractivity contribution in [2.45, 2.75) is 58.5 Å². The highest BCUT2D eigenvalue weighted by molar-refractivity contribution is 6.74. The Hall–Kier alpha value is -1.77. The van der Waals surface area contributed by atoms with Crippen LogP contribution >= 0.6 is 0 Å². The van der Waals surface area contributed by atoms with Crippen molar-refractivity contribution in [1.29, 1.82) is 0 Å². The Balaban J connectivity index is 2.73. The first-order chi connectivity index (χ1) is 11.9. The summed E-state index contributed by atoms with van der Waals surface area (Å²) in [6.07, 6.45) is 0.00397. The monoisotopic (exact) mass is 382 g/mol. The molecule has 0 aliphatic heterocycles. The largest absolute Gasteiger partial charge is 0.465 e. The second-order valence-corrected chi connectivity index (χ2v) is 12.7. The summed E-state index contributed by atoms with van der Waals surface area (Å²) in [5.41, 5.74) is 0.582. The highest BCUT2D eigenvalue weighted by Crippen LogP contribution is 2.37. The van der Waals surface area contributed by atoms with Gasteiger partial charge in [-0.3, -0.25) is 10.1 Å². The summed E-state index contributed by atoms with van der Waals surface area (Å²) in [6.45, 7) is 13.9. The summed E-state index contributed by atoms with van der Waals surface area (Å²) < 4.78 is 10.9. The van der Waals surface area contributed by atoms with Crippen molar-refractivity contribution in [2.24, 2.45) is 0 Å². The number of nitrogens with one attached hydrogen (secondary N) is 1. The van der Waals surface area contributed by atoms with Crippen molar-refractivity contribution in [3.8, 4) is 0 Å². The Morgan fingerprint density at radius 3 is 2.46 bits per heavy atom. The van der Waals surface area contributed by atoms with Crippen LogP contribution in [0.5, 0.6) is 0 Å². The summed E-state index contributed by atoms with van der Waals surface area (Å²) in [7, 11) is -0.607. The molecule has 26 heavy (non-hydrogen) atoms. The van der Waals surface area contributed by atoms with E-state index in [4.69, 9.17) is 4.43 Å². The highest BCUT2D eigenvalue weighted by Gasteiger charge is 2.38. The maximum atomic E-state index is 11.5. The van der Waals surface area contributed by atoms with Crippen LogP contribution in [0.25, 0.3) is 0 Å². The molecule has 0 aliphatic rings. The normalized spacial score (nSPS) is 13.3. The molecule has 0 unspecified atom stereocenters. The molecule has 0 saturated heterocycles.